The predicted octanol–water partition coefficient (Wildman–Crippen LogP) is 4.54. The molecule has 0 saturated heterocycles. The summed E-state index contributed by atoms with van der Waals surface area (Å²) in [5.41, 5.74) is 4.78. The highest BCUT2D eigenvalue weighted by atomic mass is 16.7. The van der Waals surface area contributed by atoms with E-state index >= 15 is 0 Å². The Labute approximate surface area is 179 Å². The van der Waals surface area contributed by atoms with Gasteiger partial charge in [0.05, 0.1) is 6.10 Å². The fourth-order valence-electron chi connectivity index (χ4n) is 6.66. The number of carbonyl (C=O) groups is 1. The second kappa shape index (κ2) is 7.92. The van der Waals surface area contributed by atoms with Crippen molar-refractivity contribution >= 4 is 5.97 Å². The van der Waals surface area contributed by atoms with Crippen LogP contribution in [-0.4, -0.2) is 34.9 Å². The molecule has 4 rings (SSSR count). The maximum Gasteiger partial charge on any atom is 0.333 e. The van der Waals surface area contributed by atoms with E-state index in [0.29, 0.717) is 29.7 Å². The van der Waals surface area contributed by atoms with Gasteiger partial charge in [-0.1, -0.05) is 44.4 Å². The van der Waals surface area contributed by atoms with E-state index in [9.17, 15) is 15.0 Å². The van der Waals surface area contributed by atoms with Crippen LogP contribution in [-0.2, 0) is 14.3 Å². The lowest BCUT2D eigenvalue weighted by atomic mass is 9.50. The van der Waals surface area contributed by atoms with Crippen molar-refractivity contribution in [1.82, 2.24) is 0 Å². The highest BCUT2D eigenvalue weighted by Crippen LogP contribution is 2.60. The molecule has 1 fully saturated rings. The molecule has 2 aliphatic carbocycles. The number of esters is 1. The van der Waals surface area contributed by atoms with Crippen molar-refractivity contribution in [2.45, 2.75) is 97.7 Å². The summed E-state index contributed by atoms with van der Waals surface area (Å²) >= 11 is 0. The third-order valence-electron chi connectivity index (χ3n) is 8.24. The van der Waals surface area contributed by atoms with E-state index in [1.807, 2.05) is 6.08 Å². The van der Waals surface area contributed by atoms with Crippen LogP contribution in [0.4, 0.5) is 0 Å². The van der Waals surface area contributed by atoms with Crippen LogP contribution in [0.15, 0.2) is 34.4 Å². The summed E-state index contributed by atoms with van der Waals surface area (Å²) < 4.78 is 10.7. The third-order valence-corrected chi connectivity index (χ3v) is 8.24. The van der Waals surface area contributed by atoms with Gasteiger partial charge in [-0.15, -0.1) is 0 Å². The lowest BCUT2D eigenvalue weighted by molar-refractivity contribution is -0.198. The minimum Gasteiger partial charge on any atom is -0.428 e. The molecule has 1 saturated carbocycles. The van der Waals surface area contributed by atoms with E-state index in [1.165, 1.54) is 37.3 Å². The molecule has 2 N–H and O–H groups in total. The molecular formula is C25H36O5. The fourth-order valence-corrected chi connectivity index (χ4v) is 6.66. The van der Waals surface area contributed by atoms with Crippen molar-refractivity contribution in [2.24, 2.45) is 16.7 Å². The Kier molecular flexibility index (Phi) is 5.75. The molecule has 0 aromatic carbocycles. The minimum atomic E-state index is -1.13. The molecule has 0 amide bonds. The summed E-state index contributed by atoms with van der Waals surface area (Å²) in [6, 6.07) is 0. The van der Waals surface area contributed by atoms with Crippen LogP contribution >= 0.6 is 0 Å². The molecule has 5 nitrogen and oxygen atoms in total. The average molecular weight is 417 g/mol. The van der Waals surface area contributed by atoms with Gasteiger partial charge in [0.2, 0.25) is 6.29 Å². The van der Waals surface area contributed by atoms with Crippen molar-refractivity contribution in [2.75, 3.05) is 0 Å². The molecule has 2 heterocycles. The summed E-state index contributed by atoms with van der Waals surface area (Å²) in [4.78, 5) is 11.6. The topological polar surface area (TPSA) is 76.0 Å². The number of hydrogen-bond donors (Lipinski definition) is 2. The number of fused-ring (bicyclic) bond motifs is 2. The molecule has 0 bridgehead atoms. The van der Waals surface area contributed by atoms with Gasteiger partial charge in [-0.25, -0.2) is 4.79 Å². The molecule has 5 atom stereocenters. The lowest BCUT2D eigenvalue weighted by Gasteiger charge is -2.55. The number of allylic oxidation sites excluding steroid dienone is 2. The molecule has 0 aromatic heterocycles. The van der Waals surface area contributed by atoms with Crippen molar-refractivity contribution < 1.29 is 24.5 Å². The largest absolute Gasteiger partial charge is 0.428 e. The van der Waals surface area contributed by atoms with Crippen LogP contribution in [0.3, 0.4) is 0 Å². The highest BCUT2D eigenvalue weighted by Gasteiger charge is 2.49. The number of carbonyl (C=O) groups excluding carboxylic acids is 1. The maximum atomic E-state index is 11.6. The standard InChI is InChI=1S/C25H36O5/c1-15-6-11-20-24(2,3)12-5-13-25(20,4)18(15)9-7-16-8-10-19(26)17-14-21(27)29-23(17)30-22(16)28/h8,14,19-20,22-23,26,28H,5-7,9-13H2,1-4H3/b16-8-/t19?,20?,22?,23?,25-/m1/s1. The predicted molar refractivity (Wildman–Crippen MR) is 114 cm³/mol. The SMILES string of the molecule is CC1=C(CC/C2=C/CC(O)C3=CC(=O)OC3OC2O)[C@@]2(C)CCCC(C)(C)C2CC1. The molecule has 0 spiro atoms. The Bertz CT molecular complexity index is 804. The second-order valence-corrected chi connectivity index (χ2v) is 10.5. The molecule has 4 aliphatic rings. The van der Waals surface area contributed by atoms with Gasteiger partial charge in [-0.05, 0) is 74.2 Å². The first-order chi connectivity index (χ1) is 14.1. The van der Waals surface area contributed by atoms with Crippen LogP contribution < -0.4 is 0 Å². The van der Waals surface area contributed by atoms with Crippen molar-refractivity contribution in [3.8, 4) is 0 Å². The van der Waals surface area contributed by atoms with Gasteiger partial charge in [0, 0.05) is 11.6 Å². The monoisotopic (exact) mass is 416 g/mol. The molecule has 0 aromatic rings. The maximum absolute atomic E-state index is 11.6. The quantitative estimate of drug-likeness (QED) is 0.522. The number of aliphatic hydroxyl groups is 2. The Hall–Kier alpha value is -1.43. The summed E-state index contributed by atoms with van der Waals surface area (Å²) in [6.45, 7) is 9.58. The third kappa shape index (κ3) is 3.80. The molecule has 0 radical (unpaired) electrons. The molecule has 4 unspecified atom stereocenters. The van der Waals surface area contributed by atoms with E-state index in [-0.39, 0.29) is 5.41 Å². The van der Waals surface area contributed by atoms with Crippen LogP contribution in [0.5, 0.6) is 0 Å². The zero-order chi connectivity index (χ0) is 21.7. The summed E-state index contributed by atoms with van der Waals surface area (Å²) in [7, 11) is 0. The van der Waals surface area contributed by atoms with Crippen molar-refractivity contribution in [1.29, 1.82) is 0 Å². The summed E-state index contributed by atoms with van der Waals surface area (Å²) in [5, 5.41) is 21.1. The van der Waals surface area contributed by atoms with Crippen molar-refractivity contribution in [3.63, 3.8) is 0 Å². The number of aliphatic hydroxyl groups excluding tert-OH is 2. The van der Waals surface area contributed by atoms with Gasteiger partial charge in [0.25, 0.3) is 0 Å². The van der Waals surface area contributed by atoms with E-state index < -0.39 is 24.7 Å². The van der Waals surface area contributed by atoms with E-state index in [1.54, 1.807) is 5.57 Å². The first-order valence-electron chi connectivity index (χ1n) is 11.4. The van der Waals surface area contributed by atoms with Crippen LogP contribution in [0.1, 0.15) is 79.1 Å². The minimum absolute atomic E-state index is 0.217. The van der Waals surface area contributed by atoms with E-state index in [0.717, 1.165) is 18.4 Å². The fraction of sp³-hybridized carbons (Fsp3) is 0.720. The second-order valence-electron chi connectivity index (χ2n) is 10.5. The molecule has 2 aliphatic heterocycles. The molecule has 30 heavy (non-hydrogen) atoms. The van der Waals surface area contributed by atoms with Crippen LogP contribution in [0.25, 0.3) is 0 Å². The van der Waals surface area contributed by atoms with Gasteiger partial charge in [0.1, 0.15) is 0 Å². The zero-order valence-electron chi connectivity index (χ0n) is 18.7. The molecule has 5 heteroatoms. The Morgan fingerprint density at radius 2 is 1.93 bits per heavy atom. The van der Waals surface area contributed by atoms with Gasteiger partial charge in [-0.2, -0.15) is 0 Å². The van der Waals surface area contributed by atoms with Crippen LogP contribution in [0.2, 0.25) is 0 Å². The Morgan fingerprint density at radius 3 is 2.70 bits per heavy atom. The van der Waals surface area contributed by atoms with Gasteiger partial charge in [-0.3, -0.25) is 0 Å². The normalized spacial score (nSPS) is 40.4. The number of hydrogen-bond acceptors (Lipinski definition) is 5. The van der Waals surface area contributed by atoms with Crippen molar-refractivity contribution in [3.05, 3.63) is 34.4 Å². The molecular weight excluding hydrogens is 380 g/mol. The average Bonchev–Trinajstić information content (AvgIpc) is 3.01. The van der Waals surface area contributed by atoms with E-state index in [4.69, 9.17) is 9.47 Å². The van der Waals surface area contributed by atoms with E-state index in [2.05, 4.69) is 27.7 Å². The smallest absolute Gasteiger partial charge is 0.333 e. The number of rotatable bonds is 3. The lowest BCUT2D eigenvalue weighted by Crippen LogP contribution is -2.45. The first kappa shape index (κ1) is 21.8. The molecule has 166 valence electrons. The summed E-state index contributed by atoms with van der Waals surface area (Å²) in [5.74, 6) is 0.156. The summed E-state index contributed by atoms with van der Waals surface area (Å²) in [6.07, 6.45) is 8.32. The number of ether oxygens (including phenoxy) is 2. The first-order valence-corrected chi connectivity index (χ1v) is 11.4. The Morgan fingerprint density at radius 1 is 1.17 bits per heavy atom. The van der Waals surface area contributed by atoms with Gasteiger partial charge in [0.15, 0.2) is 6.29 Å². The zero-order valence-corrected chi connectivity index (χ0v) is 18.7. The van der Waals surface area contributed by atoms with Gasteiger partial charge >= 0.3 is 5.97 Å². The van der Waals surface area contributed by atoms with Crippen LogP contribution in [0, 0.1) is 16.7 Å². The Balaban J connectivity index is 1.52. The van der Waals surface area contributed by atoms with Gasteiger partial charge < -0.3 is 19.7 Å². The highest BCUT2D eigenvalue weighted by molar-refractivity contribution is 5.85.